The molecule has 116 valence electrons. The standard InChI is InChI=1S/C13H16Cl2N2O4/c1-7(18)6-16-11(13(20)21)5-12(19)17-10-4-8(14)2-3-9(10)15/h2-4,7,11,16,18H,5-6H2,1H3,(H,17,19)(H,20,21)/t7-,11-/m1/s1. The summed E-state index contributed by atoms with van der Waals surface area (Å²) in [5, 5.41) is 24.6. The van der Waals surface area contributed by atoms with Gasteiger partial charge in [0.05, 0.1) is 29.2 Å². The minimum Gasteiger partial charge on any atom is -0.544 e. The number of anilines is 1. The first-order chi connectivity index (χ1) is 9.79. The molecule has 2 atom stereocenters. The van der Waals surface area contributed by atoms with E-state index >= 15 is 0 Å². The monoisotopic (exact) mass is 334 g/mol. The summed E-state index contributed by atoms with van der Waals surface area (Å²) >= 11 is 11.7. The van der Waals surface area contributed by atoms with Gasteiger partial charge in [-0.15, -0.1) is 0 Å². The number of carboxylic acid groups (broad SMARTS) is 1. The Morgan fingerprint density at radius 2 is 2.10 bits per heavy atom. The zero-order valence-corrected chi connectivity index (χ0v) is 12.8. The van der Waals surface area contributed by atoms with Crippen LogP contribution in [0.5, 0.6) is 0 Å². The summed E-state index contributed by atoms with van der Waals surface area (Å²) in [5.74, 6) is -1.90. The molecule has 1 rings (SSSR count). The van der Waals surface area contributed by atoms with E-state index in [9.17, 15) is 14.7 Å². The molecule has 0 aliphatic heterocycles. The maximum absolute atomic E-state index is 11.8. The highest BCUT2D eigenvalue weighted by atomic mass is 35.5. The van der Waals surface area contributed by atoms with Crippen LogP contribution in [0.25, 0.3) is 0 Å². The van der Waals surface area contributed by atoms with E-state index in [-0.39, 0.29) is 13.0 Å². The van der Waals surface area contributed by atoms with Gasteiger partial charge in [-0.2, -0.15) is 0 Å². The van der Waals surface area contributed by atoms with E-state index in [4.69, 9.17) is 28.3 Å². The zero-order chi connectivity index (χ0) is 16.0. The third kappa shape index (κ3) is 6.31. The average molecular weight is 335 g/mol. The van der Waals surface area contributed by atoms with Crippen LogP contribution in [0.15, 0.2) is 18.2 Å². The maximum atomic E-state index is 11.8. The van der Waals surface area contributed by atoms with E-state index < -0.39 is 24.0 Å². The Balaban J connectivity index is 2.65. The largest absolute Gasteiger partial charge is 0.544 e. The van der Waals surface area contributed by atoms with Crippen LogP contribution < -0.4 is 15.7 Å². The molecule has 0 radical (unpaired) electrons. The van der Waals surface area contributed by atoms with Crippen molar-refractivity contribution in [3.05, 3.63) is 28.2 Å². The Labute approximate surface area is 132 Å². The lowest BCUT2D eigenvalue weighted by Gasteiger charge is -2.17. The third-order valence-corrected chi connectivity index (χ3v) is 3.24. The van der Waals surface area contributed by atoms with Gasteiger partial charge in [0.1, 0.15) is 12.6 Å². The van der Waals surface area contributed by atoms with Crippen LogP contribution in [0.4, 0.5) is 5.69 Å². The van der Waals surface area contributed by atoms with Gasteiger partial charge < -0.3 is 25.6 Å². The van der Waals surface area contributed by atoms with Crippen LogP contribution in [0, 0.1) is 0 Å². The van der Waals surface area contributed by atoms with Crippen molar-refractivity contribution in [1.29, 1.82) is 0 Å². The number of quaternary nitrogens is 1. The van der Waals surface area contributed by atoms with Crippen molar-refractivity contribution in [3.63, 3.8) is 0 Å². The number of carboxylic acids is 1. The van der Waals surface area contributed by atoms with Crippen molar-refractivity contribution in [1.82, 2.24) is 0 Å². The van der Waals surface area contributed by atoms with E-state index in [1.165, 1.54) is 24.4 Å². The summed E-state index contributed by atoms with van der Waals surface area (Å²) in [5.41, 5.74) is 0.307. The molecule has 1 aromatic rings. The maximum Gasteiger partial charge on any atom is 0.230 e. The minimum absolute atomic E-state index is 0.157. The minimum atomic E-state index is -1.37. The fourth-order valence-electron chi connectivity index (χ4n) is 1.62. The highest BCUT2D eigenvalue weighted by Gasteiger charge is 2.19. The van der Waals surface area contributed by atoms with Gasteiger partial charge in [-0.05, 0) is 25.1 Å². The summed E-state index contributed by atoms with van der Waals surface area (Å²) in [6.07, 6.45) is -0.991. The number of hydrogen-bond donors (Lipinski definition) is 3. The third-order valence-electron chi connectivity index (χ3n) is 2.67. The topological polar surface area (TPSA) is 106 Å². The van der Waals surface area contributed by atoms with E-state index in [0.29, 0.717) is 15.7 Å². The van der Waals surface area contributed by atoms with E-state index in [0.717, 1.165) is 0 Å². The van der Waals surface area contributed by atoms with Crippen molar-refractivity contribution in [2.24, 2.45) is 0 Å². The first-order valence-corrected chi connectivity index (χ1v) is 7.02. The fourth-order valence-corrected chi connectivity index (χ4v) is 1.96. The zero-order valence-electron chi connectivity index (χ0n) is 11.3. The van der Waals surface area contributed by atoms with Crippen LogP contribution in [0.3, 0.4) is 0 Å². The summed E-state index contributed by atoms with van der Waals surface area (Å²) in [7, 11) is 0. The van der Waals surface area contributed by atoms with Gasteiger partial charge in [0, 0.05) is 5.02 Å². The molecule has 0 aliphatic rings. The predicted molar refractivity (Wildman–Crippen MR) is 77.0 cm³/mol. The molecule has 0 aliphatic carbocycles. The highest BCUT2D eigenvalue weighted by molar-refractivity contribution is 6.35. The van der Waals surface area contributed by atoms with Crippen molar-refractivity contribution >= 4 is 40.8 Å². The molecule has 6 nitrogen and oxygen atoms in total. The molecular weight excluding hydrogens is 319 g/mol. The van der Waals surface area contributed by atoms with Crippen molar-refractivity contribution in [3.8, 4) is 0 Å². The van der Waals surface area contributed by atoms with E-state index in [1.807, 2.05) is 0 Å². The van der Waals surface area contributed by atoms with Gasteiger partial charge in [-0.25, -0.2) is 0 Å². The first-order valence-electron chi connectivity index (χ1n) is 6.26. The number of amides is 1. The molecule has 1 amide bonds. The van der Waals surface area contributed by atoms with Gasteiger partial charge in [-0.1, -0.05) is 23.2 Å². The number of aliphatic hydroxyl groups excluding tert-OH is 1. The number of carbonyl (C=O) groups is 2. The average Bonchev–Trinajstić information content (AvgIpc) is 2.38. The molecular formula is C13H16Cl2N2O4. The Bertz CT molecular complexity index is 523. The van der Waals surface area contributed by atoms with Crippen LogP contribution in [0.1, 0.15) is 13.3 Å². The lowest BCUT2D eigenvalue weighted by molar-refractivity contribution is -0.687. The second kappa shape index (κ2) is 8.19. The van der Waals surface area contributed by atoms with Gasteiger partial charge in [0.25, 0.3) is 0 Å². The predicted octanol–water partition coefficient (Wildman–Crippen LogP) is -0.615. The summed E-state index contributed by atoms with van der Waals surface area (Å²) in [6, 6.07) is 3.47. The molecule has 0 spiro atoms. The van der Waals surface area contributed by atoms with Gasteiger partial charge >= 0.3 is 0 Å². The number of nitrogens with one attached hydrogen (secondary N) is 1. The van der Waals surface area contributed by atoms with Crippen molar-refractivity contribution in [2.45, 2.75) is 25.5 Å². The second-order valence-electron chi connectivity index (χ2n) is 4.62. The molecule has 0 aromatic heterocycles. The molecule has 0 bridgehead atoms. The number of nitrogens with two attached hydrogens (primary N) is 1. The normalized spacial score (nSPS) is 13.5. The number of aliphatic hydroxyl groups is 1. The molecule has 4 N–H and O–H groups in total. The first kappa shape index (κ1) is 17.7. The van der Waals surface area contributed by atoms with Crippen molar-refractivity contribution < 1.29 is 25.1 Å². The van der Waals surface area contributed by atoms with Crippen LogP contribution in [-0.2, 0) is 9.59 Å². The number of carbonyl (C=O) groups excluding carboxylic acids is 2. The smallest absolute Gasteiger partial charge is 0.230 e. The SMILES string of the molecule is C[C@@H](O)C[NH2+][C@H](CC(=O)Nc1cc(Cl)ccc1Cl)C(=O)[O-]. The molecule has 21 heavy (non-hydrogen) atoms. The lowest BCUT2D eigenvalue weighted by atomic mass is 10.2. The summed E-state index contributed by atoms with van der Waals surface area (Å²) < 4.78 is 0. The molecule has 1 aromatic carbocycles. The Hall–Kier alpha value is -1.34. The molecule has 0 heterocycles. The van der Waals surface area contributed by atoms with Crippen LogP contribution >= 0.6 is 23.2 Å². The van der Waals surface area contributed by atoms with E-state index in [1.54, 1.807) is 6.07 Å². The van der Waals surface area contributed by atoms with Crippen LogP contribution in [0.2, 0.25) is 10.0 Å². The molecule has 0 saturated carbocycles. The van der Waals surface area contributed by atoms with Gasteiger partial charge in [0.15, 0.2) is 0 Å². The molecule has 0 saturated heterocycles. The van der Waals surface area contributed by atoms with Gasteiger partial charge in [0.2, 0.25) is 5.91 Å². The molecule has 0 unspecified atom stereocenters. The number of halogens is 2. The summed E-state index contributed by atoms with van der Waals surface area (Å²) in [4.78, 5) is 22.8. The van der Waals surface area contributed by atoms with Crippen molar-refractivity contribution in [2.75, 3.05) is 11.9 Å². The number of benzene rings is 1. The van der Waals surface area contributed by atoms with E-state index in [2.05, 4.69) is 5.32 Å². The highest BCUT2D eigenvalue weighted by Crippen LogP contribution is 2.25. The number of rotatable bonds is 7. The summed E-state index contributed by atoms with van der Waals surface area (Å²) in [6.45, 7) is 1.68. The fraction of sp³-hybridized carbons (Fsp3) is 0.385. The quantitative estimate of drug-likeness (QED) is 0.618. The Morgan fingerprint density at radius 3 is 2.67 bits per heavy atom. The Kier molecular flexibility index (Phi) is 6.91. The molecule has 8 heteroatoms. The lowest BCUT2D eigenvalue weighted by Crippen LogP contribution is -2.94. The second-order valence-corrected chi connectivity index (χ2v) is 5.47. The Morgan fingerprint density at radius 1 is 1.43 bits per heavy atom. The van der Waals surface area contributed by atoms with Gasteiger partial charge in [-0.3, -0.25) is 4.79 Å². The number of aliphatic carboxylic acids is 1. The number of hydrogen-bond acceptors (Lipinski definition) is 4. The molecule has 0 fully saturated rings. The van der Waals surface area contributed by atoms with Crippen LogP contribution in [-0.4, -0.2) is 35.7 Å².